The maximum Gasteiger partial charge on any atom is 0.0924 e. The predicted molar refractivity (Wildman–Crippen MR) is 76.6 cm³/mol. The molecule has 102 valence electrons. The van der Waals surface area contributed by atoms with Gasteiger partial charge in [0, 0.05) is 30.5 Å². The van der Waals surface area contributed by atoms with Crippen molar-refractivity contribution in [3.63, 3.8) is 0 Å². The first-order chi connectivity index (χ1) is 9.29. The number of nitrogens with one attached hydrogen (secondary N) is 2. The molecule has 2 aromatic rings. The SMILES string of the molecule is CC(CCCO)NCc1cc(-c2ccccc2)n[nH]1. The second kappa shape index (κ2) is 7.07. The molecular weight excluding hydrogens is 238 g/mol. The quantitative estimate of drug-likeness (QED) is 0.715. The lowest BCUT2D eigenvalue weighted by Crippen LogP contribution is -2.25. The molecule has 0 bridgehead atoms. The van der Waals surface area contributed by atoms with Gasteiger partial charge >= 0.3 is 0 Å². The van der Waals surface area contributed by atoms with Crippen LogP contribution in [0.2, 0.25) is 0 Å². The molecule has 0 saturated carbocycles. The van der Waals surface area contributed by atoms with Crippen molar-refractivity contribution in [2.75, 3.05) is 6.61 Å². The Bertz CT molecular complexity index is 481. The Morgan fingerprint density at radius 1 is 1.32 bits per heavy atom. The van der Waals surface area contributed by atoms with Gasteiger partial charge in [0.2, 0.25) is 0 Å². The molecule has 0 amide bonds. The smallest absolute Gasteiger partial charge is 0.0924 e. The molecular formula is C15H21N3O. The van der Waals surface area contributed by atoms with E-state index < -0.39 is 0 Å². The van der Waals surface area contributed by atoms with E-state index in [1.807, 2.05) is 18.2 Å². The van der Waals surface area contributed by atoms with Crippen LogP contribution < -0.4 is 5.32 Å². The molecule has 4 nitrogen and oxygen atoms in total. The van der Waals surface area contributed by atoms with Gasteiger partial charge in [0.25, 0.3) is 0 Å². The molecule has 3 N–H and O–H groups in total. The number of hydrogen-bond acceptors (Lipinski definition) is 3. The van der Waals surface area contributed by atoms with Crippen molar-refractivity contribution >= 4 is 0 Å². The van der Waals surface area contributed by atoms with Crippen molar-refractivity contribution in [2.24, 2.45) is 0 Å². The summed E-state index contributed by atoms with van der Waals surface area (Å²) in [5, 5.41) is 19.6. The van der Waals surface area contributed by atoms with Crippen molar-refractivity contribution in [1.29, 1.82) is 0 Å². The van der Waals surface area contributed by atoms with Crippen LogP contribution in [0.15, 0.2) is 36.4 Å². The van der Waals surface area contributed by atoms with Gasteiger partial charge in [-0.25, -0.2) is 0 Å². The van der Waals surface area contributed by atoms with Crippen molar-refractivity contribution in [3.8, 4) is 11.3 Å². The second-order valence-corrected chi connectivity index (χ2v) is 4.79. The summed E-state index contributed by atoms with van der Waals surface area (Å²) in [6.45, 7) is 3.16. The summed E-state index contributed by atoms with van der Waals surface area (Å²) in [5.74, 6) is 0. The Morgan fingerprint density at radius 2 is 2.11 bits per heavy atom. The van der Waals surface area contributed by atoms with Gasteiger partial charge in [-0.2, -0.15) is 5.10 Å². The maximum absolute atomic E-state index is 8.79. The van der Waals surface area contributed by atoms with Crippen LogP contribution in [-0.2, 0) is 6.54 Å². The normalized spacial score (nSPS) is 12.5. The molecule has 1 aromatic heterocycles. The highest BCUT2D eigenvalue weighted by atomic mass is 16.2. The lowest BCUT2D eigenvalue weighted by molar-refractivity contribution is 0.276. The molecule has 0 spiro atoms. The largest absolute Gasteiger partial charge is 0.396 e. The fourth-order valence-corrected chi connectivity index (χ4v) is 1.99. The number of aliphatic hydroxyl groups is 1. The molecule has 1 unspecified atom stereocenters. The first-order valence-corrected chi connectivity index (χ1v) is 6.73. The van der Waals surface area contributed by atoms with Crippen LogP contribution in [0.3, 0.4) is 0 Å². The summed E-state index contributed by atoms with van der Waals surface area (Å²) in [6, 6.07) is 12.6. The van der Waals surface area contributed by atoms with E-state index in [0.29, 0.717) is 6.04 Å². The van der Waals surface area contributed by atoms with Gasteiger partial charge in [0.05, 0.1) is 5.69 Å². The topological polar surface area (TPSA) is 60.9 Å². The Morgan fingerprint density at radius 3 is 2.84 bits per heavy atom. The number of aromatic amines is 1. The lowest BCUT2D eigenvalue weighted by atomic mass is 10.1. The summed E-state index contributed by atoms with van der Waals surface area (Å²) in [7, 11) is 0. The van der Waals surface area contributed by atoms with Crippen LogP contribution in [0.5, 0.6) is 0 Å². The van der Waals surface area contributed by atoms with E-state index in [-0.39, 0.29) is 6.61 Å². The van der Waals surface area contributed by atoms with Crippen LogP contribution in [0, 0.1) is 0 Å². The Hall–Kier alpha value is -1.65. The number of hydrogen-bond donors (Lipinski definition) is 3. The highest BCUT2D eigenvalue weighted by Crippen LogP contribution is 2.16. The average molecular weight is 259 g/mol. The molecule has 0 saturated heterocycles. The van der Waals surface area contributed by atoms with Crippen molar-refractivity contribution in [3.05, 3.63) is 42.1 Å². The molecule has 19 heavy (non-hydrogen) atoms. The van der Waals surface area contributed by atoms with Crippen LogP contribution in [-0.4, -0.2) is 28.0 Å². The Labute approximate surface area is 113 Å². The average Bonchev–Trinajstić information content (AvgIpc) is 2.93. The first kappa shape index (κ1) is 13.8. The summed E-state index contributed by atoms with van der Waals surface area (Å²) in [4.78, 5) is 0. The molecule has 0 radical (unpaired) electrons. The maximum atomic E-state index is 8.79. The van der Waals surface area contributed by atoms with E-state index in [0.717, 1.165) is 36.3 Å². The summed E-state index contributed by atoms with van der Waals surface area (Å²) in [6.07, 6.45) is 1.82. The zero-order valence-electron chi connectivity index (χ0n) is 11.3. The van der Waals surface area contributed by atoms with Gasteiger partial charge < -0.3 is 10.4 Å². The summed E-state index contributed by atoms with van der Waals surface area (Å²) >= 11 is 0. The van der Waals surface area contributed by atoms with Crippen molar-refractivity contribution < 1.29 is 5.11 Å². The van der Waals surface area contributed by atoms with Crippen molar-refractivity contribution in [1.82, 2.24) is 15.5 Å². The standard InChI is InChI=1S/C15H21N3O/c1-12(6-5-9-19)16-11-14-10-15(18-17-14)13-7-3-2-4-8-13/h2-4,7-8,10,12,16,19H,5-6,9,11H2,1H3,(H,17,18). The molecule has 4 heteroatoms. The van der Waals surface area contributed by atoms with Crippen LogP contribution in [0.4, 0.5) is 0 Å². The molecule has 0 aliphatic rings. The van der Waals surface area contributed by atoms with Crippen LogP contribution >= 0.6 is 0 Å². The van der Waals surface area contributed by atoms with Gasteiger partial charge in [-0.1, -0.05) is 30.3 Å². The van der Waals surface area contributed by atoms with Crippen LogP contribution in [0.25, 0.3) is 11.3 Å². The van der Waals surface area contributed by atoms with E-state index in [1.54, 1.807) is 0 Å². The molecule has 1 atom stereocenters. The van der Waals surface area contributed by atoms with Crippen molar-refractivity contribution in [2.45, 2.75) is 32.4 Å². The second-order valence-electron chi connectivity index (χ2n) is 4.79. The number of benzene rings is 1. The van der Waals surface area contributed by atoms with E-state index in [1.165, 1.54) is 0 Å². The summed E-state index contributed by atoms with van der Waals surface area (Å²) < 4.78 is 0. The minimum absolute atomic E-state index is 0.258. The number of H-pyrrole nitrogens is 1. The van der Waals surface area contributed by atoms with E-state index >= 15 is 0 Å². The molecule has 0 aliphatic heterocycles. The first-order valence-electron chi connectivity index (χ1n) is 6.73. The number of aromatic nitrogens is 2. The fourth-order valence-electron chi connectivity index (χ4n) is 1.99. The van der Waals surface area contributed by atoms with E-state index in [9.17, 15) is 0 Å². The zero-order chi connectivity index (χ0) is 13.5. The predicted octanol–water partition coefficient (Wildman–Crippen LogP) is 2.33. The third-order valence-corrected chi connectivity index (χ3v) is 3.14. The third kappa shape index (κ3) is 4.19. The minimum Gasteiger partial charge on any atom is -0.396 e. The zero-order valence-corrected chi connectivity index (χ0v) is 11.3. The monoisotopic (exact) mass is 259 g/mol. The lowest BCUT2D eigenvalue weighted by Gasteiger charge is -2.11. The molecule has 2 rings (SSSR count). The Balaban J connectivity index is 1.88. The molecule has 0 fully saturated rings. The van der Waals surface area contributed by atoms with Crippen LogP contribution in [0.1, 0.15) is 25.5 Å². The Kier molecular flexibility index (Phi) is 5.12. The number of aliphatic hydroxyl groups excluding tert-OH is 1. The summed E-state index contributed by atoms with van der Waals surface area (Å²) in [5.41, 5.74) is 3.17. The van der Waals surface area contributed by atoms with E-state index in [4.69, 9.17) is 5.11 Å². The minimum atomic E-state index is 0.258. The molecule has 1 aromatic carbocycles. The highest BCUT2D eigenvalue weighted by Gasteiger charge is 2.05. The number of rotatable bonds is 7. The molecule has 1 heterocycles. The van der Waals surface area contributed by atoms with Gasteiger partial charge in [-0.15, -0.1) is 0 Å². The van der Waals surface area contributed by atoms with Gasteiger partial charge in [-0.3, -0.25) is 5.10 Å². The van der Waals surface area contributed by atoms with Gasteiger partial charge in [-0.05, 0) is 25.8 Å². The van der Waals surface area contributed by atoms with Gasteiger partial charge in [0.15, 0.2) is 0 Å². The highest BCUT2D eigenvalue weighted by molar-refractivity contribution is 5.58. The fraction of sp³-hybridized carbons (Fsp3) is 0.400. The third-order valence-electron chi connectivity index (χ3n) is 3.14. The van der Waals surface area contributed by atoms with E-state index in [2.05, 4.69) is 40.6 Å². The molecule has 0 aliphatic carbocycles. The number of nitrogens with zero attached hydrogens (tertiary/aromatic N) is 1. The van der Waals surface area contributed by atoms with Gasteiger partial charge in [0.1, 0.15) is 0 Å².